The highest BCUT2D eigenvalue weighted by Crippen LogP contribution is 2.17. The number of hydrogen-bond donors (Lipinski definition) is 2. The summed E-state index contributed by atoms with van der Waals surface area (Å²) in [5.41, 5.74) is -0.0209. The van der Waals surface area contributed by atoms with E-state index < -0.39 is 5.54 Å². The summed E-state index contributed by atoms with van der Waals surface area (Å²) in [5.74, 6) is -0.190. The van der Waals surface area contributed by atoms with E-state index in [9.17, 15) is 9.90 Å². The molecular formula is C11H12BrNO3. The lowest BCUT2D eigenvalue weighted by molar-refractivity contribution is -0.0919. The summed E-state index contributed by atoms with van der Waals surface area (Å²) in [6, 6.07) is 7.06. The van der Waals surface area contributed by atoms with E-state index in [2.05, 4.69) is 21.2 Å². The molecule has 0 aromatic heterocycles. The molecule has 0 saturated carbocycles. The van der Waals surface area contributed by atoms with Gasteiger partial charge in [0.2, 0.25) is 0 Å². The van der Waals surface area contributed by atoms with E-state index in [-0.39, 0.29) is 12.5 Å². The van der Waals surface area contributed by atoms with Gasteiger partial charge < -0.3 is 15.2 Å². The van der Waals surface area contributed by atoms with Crippen LogP contribution >= 0.6 is 15.9 Å². The molecule has 1 saturated heterocycles. The second kappa shape index (κ2) is 4.53. The number of carbonyl (C=O) groups is 1. The summed E-state index contributed by atoms with van der Waals surface area (Å²) in [4.78, 5) is 11.8. The van der Waals surface area contributed by atoms with Crippen LogP contribution in [-0.4, -0.2) is 36.4 Å². The van der Waals surface area contributed by atoms with Crippen LogP contribution in [0.25, 0.3) is 0 Å². The number of rotatable bonds is 3. The Labute approximate surface area is 102 Å². The topological polar surface area (TPSA) is 58.6 Å². The number of halogens is 1. The highest BCUT2D eigenvalue weighted by atomic mass is 79.9. The monoisotopic (exact) mass is 285 g/mol. The zero-order valence-electron chi connectivity index (χ0n) is 8.57. The number of aliphatic hydroxyl groups is 1. The van der Waals surface area contributed by atoms with E-state index in [0.717, 1.165) is 4.47 Å². The first-order valence-corrected chi connectivity index (χ1v) is 5.71. The van der Waals surface area contributed by atoms with Gasteiger partial charge in [-0.05, 0) is 24.3 Å². The van der Waals surface area contributed by atoms with Gasteiger partial charge >= 0.3 is 0 Å². The highest BCUT2D eigenvalue weighted by molar-refractivity contribution is 9.10. The van der Waals surface area contributed by atoms with Crippen molar-refractivity contribution < 1.29 is 14.6 Å². The lowest BCUT2D eigenvalue weighted by Gasteiger charge is -2.40. The van der Waals surface area contributed by atoms with Crippen molar-refractivity contribution in [1.29, 1.82) is 0 Å². The molecule has 2 N–H and O–H groups in total. The summed E-state index contributed by atoms with van der Waals surface area (Å²) in [7, 11) is 0. The molecule has 1 aromatic carbocycles. The van der Waals surface area contributed by atoms with Crippen LogP contribution in [0.15, 0.2) is 28.7 Å². The smallest absolute Gasteiger partial charge is 0.251 e. The summed E-state index contributed by atoms with van der Waals surface area (Å²) >= 11 is 3.30. The van der Waals surface area contributed by atoms with E-state index in [0.29, 0.717) is 18.8 Å². The fraction of sp³-hybridized carbons (Fsp3) is 0.364. The molecule has 0 bridgehead atoms. The molecule has 0 spiro atoms. The lowest BCUT2D eigenvalue weighted by Crippen LogP contribution is -2.64. The van der Waals surface area contributed by atoms with Gasteiger partial charge in [-0.3, -0.25) is 4.79 Å². The van der Waals surface area contributed by atoms with Gasteiger partial charge in [-0.2, -0.15) is 0 Å². The van der Waals surface area contributed by atoms with E-state index in [1.807, 2.05) is 0 Å². The predicted octanol–water partition coefficient (Wildman–Crippen LogP) is 0.940. The van der Waals surface area contributed by atoms with Gasteiger partial charge in [-0.15, -0.1) is 0 Å². The van der Waals surface area contributed by atoms with Crippen molar-refractivity contribution in [2.24, 2.45) is 0 Å². The minimum absolute atomic E-state index is 0.102. The van der Waals surface area contributed by atoms with Crippen LogP contribution in [-0.2, 0) is 4.74 Å². The Morgan fingerprint density at radius 2 is 2.06 bits per heavy atom. The maximum atomic E-state index is 11.8. The number of aliphatic hydroxyl groups excluding tert-OH is 1. The first kappa shape index (κ1) is 11.6. The molecule has 1 fully saturated rings. The van der Waals surface area contributed by atoms with Crippen LogP contribution in [0.1, 0.15) is 10.4 Å². The van der Waals surface area contributed by atoms with E-state index in [4.69, 9.17) is 4.74 Å². The third-order valence-corrected chi connectivity index (χ3v) is 3.07. The van der Waals surface area contributed by atoms with Crippen LogP contribution in [0.5, 0.6) is 0 Å². The lowest BCUT2D eigenvalue weighted by atomic mass is 9.98. The number of ether oxygens (including phenoxy) is 1. The van der Waals surface area contributed by atoms with Gasteiger partial charge in [-0.25, -0.2) is 0 Å². The number of benzene rings is 1. The van der Waals surface area contributed by atoms with Crippen molar-refractivity contribution in [1.82, 2.24) is 5.32 Å². The van der Waals surface area contributed by atoms with Crippen LogP contribution in [0.3, 0.4) is 0 Å². The third-order valence-electron chi connectivity index (χ3n) is 2.54. The van der Waals surface area contributed by atoms with Gasteiger partial charge in [-0.1, -0.05) is 15.9 Å². The molecule has 1 aliphatic heterocycles. The van der Waals surface area contributed by atoms with Gasteiger partial charge in [0.15, 0.2) is 0 Å². The maximum Gasteiger partial charge on any atom is 0.251 e. The zero-order chi connectivity index (χ0) is 11.6. The first-order valence-electron chi connectivity index (χ1n) is 4.92. The van der Waals surface area contributed by atoms with Gasteiger partial charge in [0.25, 0.3) is 5.91 Å². The van der Waals surface area contributed by atoms with Gasteiger partial charge in [0.05, 0.1) is 19.8 Å². The molecule has 1 heterocycles. The maximum absolute atomic E-state index is 11.8. The Bertz CT molecular complexity index is 381. The summed E-state index contributed by atoms with van der Waals surface area (Å²) in [6.07, 6.45) is 0. The van der Waals surface area contributed by atoms with Crippen LogP contribution < -0.4 is 5.32 Å². The summed E-state index contributed by atoms with van der Waals surface area (Å²) < 4.78 is 5.93. The van der Waals surface area contributed by atoms with E-state index in [1.165, 1.54) is 0 Å². The van der Waals surface area contributed by atoms with Crippen molar-refractivity contribution in [2.45, 2.75) is 5.54 Å². The van der Waals surface area contributed by atoms with Crippen LogP contribution in [0.4, 0.5) is 0 Å². The molecule has 1 aromatic rings. The third kappa shape index (κ3) is 2.26. The minimum Gasteiger partial charge on any atom is -0.394 e. The number of amides is 1. The van der Waals surface area contributed by atoms with Crippen molar-refractivity contribution in [3.05, 3.63) is 34.3 Å². The number of nitrogens with one attached hydrogen (secondary N) is 1. The Morgan fingerprint density at radius 1 is 1.44 bits per heavy atom. The van der Waals surface area contributed by atoms with E-state index in [1.54, 1.807) is 24.3 Å². The molecule has 4 nitrogen and oxygen atoms in total. The molecule has 1 aliphatic rings. The number of carbonyl (C=O) groups excluding carboxylic acids is 1. The standard InChI is InChI=1S/C11H12BrNO3/c12-9-3-1-8(2-4-9)10(15)13-11(5-14)6-16-7-11/h1-4,14H,5-7H2,(H,13,15). The SMILES string of the molecule is O=C(NC1(CO)COC1)c1ccc(Br)cc1. The molecule has 2 rings (SSSR count). The van der Waals surface area contributed by atoms with Crippen LogP contribution in [0.2, 0.25) is 0 Å². The molecule has 5 heteroatoms. The van der Waals surface area contributed by atoms with Gasteiger partial charge in [0, 0.05) is 10.0 Å². The summed E-state index contributed by atoms with van der Waals surface area (Å²) in [5, 5.41) is 12.0. The fourth-order valence-corrected chi connectivity index (χ4v) is 1.73. The second-order valence-corrected chi connectivity index (χ2v) is 4.81. The number of hydrogen-bond acceptors (Lipinski definition) is 3. The van der Waals surface area contributed by atoms with Crippen LogP contribution in [0, 0.1) is 0 Å². The second-order valence-electron chi connectivity index (χ2n) is 3.89. The average molecular weight is 286 g/mol. The summed E-state index contributed by atoms with van der Waals surface area (Å²) in [6.45, 7) is 0.632. The quantitative estimate of drug-likeness (QED) is 0.869. The molecule has 0 radical (unpaired) electrons. The zero-order valence-corrected chi connectivity index (χ0v) is 10.2. The molecule has 0 atom stereocenters. The van der Waals surface area contributed by atoms with Gasteiger partial charge in [0.1, 0.15) is 5.54 Å². The van der Waals surface area contributed by atoms with Crippen molar-refractivity contribution >= 4 is 21.8 Å². The van der Waals surface area contributed by atoms with E-state index >= 15 is 0 Å². The molecule has 16 heavy (non-hydrogen) atoms. The molecule has 0 unspecified atom stereocenters. The van der Waals surface area contributed by atoms with Crippen molar-refractivity contribution in [3.8, 4) is 0 Å². The van der Waals surface area contributed by atoms with Crippen molar-refractivity contribution in [3.63, 3.8) is 0 Å². The first-order chi connectivity index (χ1) is 7.65. The largest absolute Gasteiger partial charge is 0.394 e. The molecule has 1 amide bonds. The minimum atomic E-state index is -0.593. The Hall–Kier alpha value is -0.910. The average Bonchev–Trinajstić information content (AvgIpc) is 2.24. The molecule has 86 valence electrons. The van der Waals surface area contributed by atoms with Crippen molar-refractivity contribution in [2.75, 3.05) is 19.8 Å². The Balaban J connectivity index is 2.05. The molecule has 0 aliphatic carbocycles. The molecular weight excluding hydrogens is 274 g/mol. The normalized spacial score (nSPS) is 17.6. The fourth-order valence-electron chi connectivity index (χ4n) is 1.47. The Morgan fingerprint density at radius 3 is 2.50 bits per heavy atom. The Kier molecular flexibility index (Phi) is 3.28. The highest BCUT2D eigenvalue weighted by Gasteiger charge is 2.39. The predicted molar refractivity (Wildman–Crippen MR) is 62.2 cm³/mol.